The number of rotatable bonds is 3. The van der Waals surface area contributed by atoms with Crippen LogP contribution in [0.4, 0.5) is 20.3 Å². The molecule has 0 radical (unpaired) electrons. The van der Waals surface area contributed by atoms with Gasteiger partial charge in [0.2, 0.25) is 0 Å². The van der Waals surface area contributed by atoms with Crippen LogP contribution in [0.1, 0.15) is 5.56 Å². The van der Waals surface area contributed by atoms with Crippen molar-refractivity contribution in [2.24, 2.45) is 0 Å². The second-order valence-corrected chi connectivity index (χ2v) is 5.76. The molecule has 20 heavy (non-hydrogen) atoms. The maximum atomic E-state index is 13.5. The molecule has 2 rings (SSSR count). The average Bonchev–Trinajstić information content (AvgIpc) is 2.36. The summed E-state index contributed by atoms with van der Waals surface area (Å²) in [5, 5.41) is 0. The summed E-state index contributed by atoms with van der Waals surface area (Å²) in [5.74, 6) is -1.93. The number of hydrogen-bond acceptors (Lipinski definition) is 4. The average molecular weight is 299 g/mol. The topological polar surface area (TPSA) is 85.1 Å². The van der Waals surface area contributed by atoms with Crippen LogP contribution in [0.2, 0.25) is 0 Å². The number of nitrogens with one attached hydrogen (secondary N) is 1. The van der Waals surface area contributed by atoms with Gasteiger partial charge in [0.15, 0.2) is 0 Å². The van der Waals surface area contributed by atoms with Gasteiger partial charge in [-0.05, 0) is 36.8 Å². The quantitative estimate of drug-likeness (QED) is 0.908. The fourth-order valence-corrected chi connectivity index (χ4v) is 2.59. The van der Waals surface area contributed by atoms with Gasteiger partial charge in [0, 0.05) is 0 Å². The first-order chi connectivity index (χ1) is 9.29. The zero-order chi connectivity index (χ0) is 14.9. The Morgan fingerprint density at radius 2 is 1.95 bits per heavy atom. The number of nitrogen functional groups attached to an aromatic ring is 1. The molecule has 1 heterocycles. The molecule has 1 aromatic carbocycles. The molecule has 5 nitrogen and oxygen atoms in total. The molecule has 0 saturated carbocycles. The molecule has 2 aromatic rings. The minimum atomic E-state index is -4.26. The number of sulfonamides is 1. The molecule has 0 unspecified atom stereocenters. The first-order valence-electron chi connectivity index (χ1n) is 5.49. The molecular formula is C12H11F2N3O2S. The Morgan fingerprint density at radius 3 is 2.60 bits per heavy atom. The molecule has 0 aliphatic heterocycles. The van der Waals surface area contributed by atoms with E-state index in [0.717, 1.165) is 12.1 Å². The monoisotopic (exact) mass is 299 g/mol. The summed E-state index contributed by atoms with van der Waals surface area (Å²) in [6.45, 7) is 1.66. The van der Waals surface area contributed by atoms with Gasteiger partial charge in [0.25, 0.3) is 10.0 Å². The lowest BCUT2D eigenvalue weighted by atomic mass is 10.2. The highest BCUT2D eigenvalue weighted by molar-refractivity contribution is 7.92. The van der Waals surface area contributed by atoms with E-state index < -0.39 is 26.6 Å². The largest absolute Gasteiger partial charge is 0.397 e. The lowest BCUT2D eigenvalue weighted by Crippen LogP contribution is -2.16. The van der Waals surface area contributed by atoms with Crippen molar-refractivity contribution in [1.29, 1.82) is 0 Å². The van der Waals surface area contributed by atoms with Gasteiger partial charge in [0.05, 0.1) is 11.9 Å². The predicted molar refractivity (Wildman–Crippen MR) is 70.6 cm³/mol. The molecule has 1 aromatic heterocycles. The molecule has 0 aliphatic carbocycles. The molecule has 0 aliphatic rings. The van der Waals surface area contributed by atoms with Gasteiger partial charge >= 0.3 is 0 Å². The third-order valence-electron chi connectivity index (χ3n) is 2.57. The van der Waals surface area contributed by atoms with Crippen molar-refractivity contribution in [3.63, 3.8) is 0 Å². The van der Waals surface area contributed by atoms with E-state index in [1.165, 1.54) is 12.3 Å². The number of pyridine rings is 1. The molecule has 0 atom stereocenters. The van der Waals surface area contributed by atoms with Crippen molar-refractivity contribution < 1.29 is 17.2 Å². The number of hydrogen-bond donors (Lipinski definition) is 2. The molecule has 0 saturated heterocycles. The molecule has 0 fully saturated rings. The highest BCUT2D eigenvalue weighted by Crippen LogP contribution is 2.20. The maximum absolute atomic E-state index is 13.5. The van der Waals surface area contributed by atoms with Gasteiger partial charge in [0.1, 0.15) is 22.3 Å². The first-order valence-corrected chi connectivity index (χ1v) is 6.98. The molecule has 0 amide bonds. The SMILES string of the molecule is Cc1cc(NS(=O)(=O)c2cc(F)ccc2F)ncc1N. The molecule has 8 heteroatoms. The summed E-state index contributed by atoms with van der Waals surface area (Å²) in [4.78, 5) is 2.99. The number of nitrogens with two attached hydrogens (primary N) is 1. The van der Waals surface area contributed by atoms with Gasteiger partial charge in [-0.2, -0.15) is 0 Å². The van der Waals surface area contributed by atoms with E-state index in [9.17, 15) is 17.2 Å². The van der Waals surface area contributed by atoms with Gasteiger partial charge in [-0.15, -0.1) is 0 Å². The van der Waals surface area contributed by atoms with Gasteiger partial charge in [-0.25, -0.2) is 22.2 Å². The van der Waals surface area contributed by atoms with Crippen molar-refractivity contribution in [3.8, 4) is 0 Å². The Hall–Kier alpha value is -2.22. The van der Waals surface area contributed by atoms with Crippen LogP contribution in [0.15, 0.2) is 35.4 Å². The Kier molecular flexibility index (Phi) is 3.58. The van der Waals surface area contributed by atoms with E-state index in [0.29, 0.717) is 17.3 Å². The Balaban J connectivity index is 2.40. The smallest absolute Gasteiger partial charge is 0.266 e. The summed E-state index contributed by atoms with van der Waals surface area (Å²) in [7, 11) is -4.26. The maximum Gasteiger partial charge on any atom is 0.266 e. The van der Waals surface area contributed by atoms with Gasteiger partial charge in [-0.1, -0.05) is 0 Å². The van der Waals surface area contributed by atoms with Crippen LogP contribution >= 0.6 is 0 Å². The van der Waals surface area contributed by atoms with Crippen LogP contribution in [0, 0.1) is 18.6 Å². The lowest BCUT2D eigenvalue weighted by Gasteiger charge is -2.09. The fourth-order valence-electron chi connectivity index (χ4n) is 1.50. The van der Waals surface area contributed by atoms with E-state index in [4.69, 9.17) is 5.73 Å². The zero-order valence-corrected chi connectivity index (χ0v) is 11.2. The number of aromatic nitrogens is 1. The van der Waals surface area contributed by atoms with Crippen LogP contribution in [0.25, 0.3) is 0 Å². The van der Waals surface area contributed by atoms with Crippen molar-refractivity contribution in [2.75, 3.05) is 10.5 Å². The summed E-state index contributed by atoms with van der Waals surface area (Å²) < 4.78 is 52.6. The fraction of sp³-hybridized carbons (Fsp3) is 0.0833. The first kappa shape index (κ1) is 14.2. The highest BCUT2D eigenvalue weighted by Gasteiger charge is 2.20. The molecule has 3 N–H and O–H groups in total. The predicted octanol–water partition coefficient (Wildman–Crippen LogP) is 2.05. The minimum Gasteiger partial charge on any atom is -0.397 e. The van der Waals surface area contributed by atoms with Crippen molar-refractivity contribution >= 4 is 21.5 Å². The summed E-state index contributed by atoms with van der Waals surface area (Å²) in [6, 6.07) is 3.57. The third-order valence-corrected chi connectivity index (χ3v) is 3.94. The van der Waals surface area contributed by atoms with Crippen LogP contribution < -0.4 is 10.5 Å². The Morgan fingerprint density at radius 1 is 1.25 bits per heavy atom. The second-order valence-electron chi connectivity index (χ2n) is 4.11. The van der Waals surface area contributed by atoms with E-state index in [2.05, 4.69) is 9.71 Å². The van der Waals surface area contributed by atoms with E-state index >= 15 is 0 Å². The second kappa shape index (κ2) is 5.04. The van der Waals surface area contributed by atoms with Gasteiger partial charge in [-0.3, -0.25) is 4.72 Å². The molecular weight excluding hydrogens is 288 g/mol. The molecule has 0 bridgehead atoms. The highest BCUT2D eigenvalue weighted by atomic mass is 32.2. The number of nitrogens with zero attached hydrogens (tertiary/aromatic N) is 1. The van der Waals surface area contributed by atoms with Gasteiger partial charge < -0.3 is 5.73 Å². The van der Waals surface area contributed by atoms with Crippen molar-refractivity contribution in [1.82, 2.24) is 4.98 Å². The zero-order valence-electron chi connectivity index (χ0n) is 10.4. The number of aryl methyl sites for hydroxylation is 1. The Bertz CT molecular complexity index is 763. The molecule has 106 valence electrons. The summed E-state index contributed by atoms with van der Waals surface area (Å²) >= 11 is 0. The van der Waals surface area contributed by atoms with Crippen molar-refractivity contribution in [2.45, 2.75) is 11.8 Å². The number of anilines is 2. The number of benzene rings is 1. The normalized spacial score (nSPS) is 11.3. The van der Waals surface area contributed by atoms with Crippen LogP contribution in [0.3, 0.4) is 0 Å². The van der Waals surface area contributed by atoms with Crippen LogP contribution in [-0.4, -0.2) is 13.4 Å². The van der Waals surface area contributed by atoms with Crippen LogP contribution in [0.5, 0.6) is 0 Å². The van der Waals surface area contributed by atoms with E-state index in [1.54, 1.807) is 6.92 Å². The standard InChI is InChI=1S/C12H11F2N3O2S/c1-7-4-12(16-6-10(7)15)17-20(18,19)11-5-8(13)2-3-9(11)14/h2-6H,15H2,1H3,(H,16,17). The third kappa shape index (κ3) is 2.85. The Labute approximate surface area is 114 Å². The van der Waals surface area contributed by atoms with Crippen molar-refractivity contribution in [3.05, 3.63) is 47.7 Å². The molecule has 0 spiro atoms. The lowest BCUT2D eigenvalue weighted by molar-refractivity contribution is 0.555. The van der Waals surface area contributed by atoms with E-state index in [-0.39, 0.29) is 5.82 Å². The number of halogens is 2. The van der Waals surface area contributed by atoms with Crippen LogP contribution in [-0.2, 0) is 10.0 Å². The van der Waals surface area contributed by atoms with E-state index in [1.807, 2.05) is 0 Å². The summed E-state index contributed by atoms with van der Waals surface area (Å²) in [6.07, 6.45) is 1.27. The summed E-state index contributed by atoms with van der Waals surface area (Å²) in [5.41, 5.74) is 6.56. The minimum absolute atomic E-state index is 0.0274.